The quantitative estimate of drug-likeness (QED) is 0.490. The number of anilines is 1. The Bertz CT molecular complexity index is 688. The fraction of sp³-hybridized carbons (Fsp3) is 0.278. The smallest absolute Gasteiger partial charge is 0.142 e. The zero-order valence-corrected chi connectivity index (χ0v) is 14.9. The molecule has 2 aromatic rings. The van der Waals surface area contributed by atoms with Crippen LogP contribution in [0.4, 0.5) is 15.8 Å². The molecule has 0 saturated heterocycles. The maximum absolute atomic E-state index is 13.2. The summed E-state index contributed by atoms with van der Waals surface area (Å²) < 4.78 is 18.7. The lowest BCUT2D eigenvalue weighted by Crippen LogP contribution is -2.28. The number of halogens is 3. The Balaban J connectivity index is 2.24. The number of aliphatic imine (C=N–C) groups is 1. The molecule has 0 heterocycles. The van der Waals surface area contributed by atoms with E-state index in [4.69, 9.17) is 27.9 Å². The molecule has 6 heteroatoms. The molecule has 0 aliphatic carbocycles. The number of rotatable bonds is 8. The molecule has 0 aromatic heterocycles. The summed E-state index contributed by atoms with van der Waals surface area (Å²) in [6.45, 7) is 1.36. The Hall–Kier alpha value is -1.78. The van der Waals surface area contributed by atoms with Crippen molar-refractivity contribution in [2.24, 2.45) is 4.99 Å². The molecule has 0 N–H and O–H groups in total. The van der Waals surface area contributed by atoms with E-state index in [1.165, 1.54) is 12.1 Å². The van der Waals surface area contributed by atoms with Crippen molar-refractivity contribution in [2.45, 2.75) is 0 Å². The van der Waals surface area contributed by atoms with Crippen LogP contribution in [0.2, 0.25) is 0 Å². The van der Waals surface area contributed by atoms with E-state index >= 15 is 0 Å². The molecule has 0 radical (unpaired) electrons. The van der Waals surface area contributed by atoms with Crippen LogP contribution in [0.3, 0.4) is 0 Å². The Morgan fingerprint density at radius 1 is 1.12 bits per heavy atom. The third kappa shape index (κ3) is 5.11. The standard InChI is InChI=1S/C18H19Cl2FN2O/c1-24-18-11-14(13-22-16-4-2-3-15(21)12-16)5-6-17(18)23(9-7-19)10-8-20/h2-6,11-13H,7-10H2,1H3. The molecule has 3 nitrogen and oxygen atoms in total. The first-order chi connectivity index (χ1) is 11.7. The maximum atomic E-state index is 13.2. The molecule has 2 rings (SSSR count). The summed E-state index contributed by atoms with van der Waals surface area (Å²) in [5.41, 5.74) is 2.35. The van der Waals surface area contributed by atoms with Gasteiger partial charge in [0, 0.05) is 31.1 Å². The van der Waals surface area contributed by atoms with Gasteiger partial charge in [0.2, 0.25) is 0 Å². The monoisotopic (exact) mass is 368 g/mol. The molecule has 2 aromatic carbocycles. The SMILES string of the molecule is COc1cc(C=Nc2cccc(F)c2)ccc1N(CCCl)CCCl. The fourth-order valence-corrected chi connectivity index (χ4v) is 2.71. The molecular formula is C18H19Cl2FN2O. The van der Waals surface area contributed by atoms with Crippen LogP contribution in [-0.2, 0) is 0 Å². The Kier molecular flexibility index (Phi) is 7.35. The highest BCUT2D eigenvalue weighted by Gasteiger charge is 2.11. The second-order valence-corrected chi connectivity index (χ2v) is 5.79. The van der Waals surface area contributed by atoms with E-state index in [-0.39, 0.29) is 5.82 Å². The van der Waals surface area contributed by atoms with Gasteiger partial charge in [0.1, 0.15) is 11.6 Å². The molecule has 0 atom stereocenters. The van der Waals surface area contributed by atoms with Crippen molar-refractivity contribution in [3.8, 4) is 5.75 Å². The molecule has 0 amide bonds. The van der Waals surface area contributed by atoms with Gasteiger partial charge in [-0.15, -0.1) is 23.2 Å². The van der Waals surface area contributed by atoms with Gasteiger partial charge in [0.05, 0.1) is 18.5 Å². The summed E-state index contributed by atoms with van der Waals surface area (Å²) in [5.74, 6) is 1.41. The van der Waals surface area contributed by atoms with Gasteiger partial charge < -0.3 is 9.64 Å². The first-order valence-corrected chi connectivity index (χ1v) is 8.59. The second-order valence-electron chi connectivity index (χ2n) is 5.03. The van der Waals surface area contributed by atoms with E-state index in [2.05, 4.69) is 9.89 Å². The zero-order valence-electron chi connectivity index (χ0n) is 13.4. The highest BCUT2D eigenvalue weighted by Crippen LogP contribution is 2.29. The number of methoxy groups -OCH3 is 1. The average molecular weight is 369 g/mol. The van der Waals surface area contributed by atoms with E-state index in [1.54, 1.807) is 25.5 Å². The minimum atomic E-state index is -0.310. The molecule has 0 aliphatic heterocycles. The lowest BCUT2D eigenvalue weighted by atomic mass is 10.2. The number of benzene rings is 2. The fourth-order valence-electron chi connectivity index (χ4n) is 2.30. The van der Waals surface area contributed by atoms with E-state index in [9.17, 15) is 4.39 Å². The predicted octanol–water partition coefficient (Wildman–Crippen LogP) is 4.87. The first-order valence-electron chi connectivity index (χ1n) is 7.52. The second kappa shape index (κ2) is 9.50. The molecule has 24 heavy (non-hydrogen) atoms. The van der Waals surface area contributed by atoms with Crippen molar-refractivity contribution >= 4 is 40.8 Å². The first kappa shape index (κ1) is 18.6. The Morgan fingerprint density at radius 3 is 2.50 bits per heavy atom. The topological polar surface area (TPSA) is 24.8 Å². The van der Waals surface area contributed by atoms with E-state index in [0.29, 0.717) is 36.3 Å². The number of hydrogen-bond donors (Lipinski definition) is 0. The summed E-state index contributed by atoms with van der Waals surface area (Å²) in [7, 11) is 1.62. The number of ether oxygens (including phenoxy) is 1. The number of nitrogens with zero attached hydrogens (tertiary/aromatic N) is 2. The summed E-state index contributed by atoms with van der Waals surface area (Å²) in [6.07, 6.45) is 1.68. The van der Waals surface area contributed by atoms with E-state index in [0.717, 1.165) is 11.3 Å². The minimum absolute atomic E-state index is 0.310. The largest absolute Gasteiger partial charge is 0.495 e. The van der Waals surface area contributed by atoms with Crippen LogP contribution in [-0.4, -0.2) is 38.2 Å². The lowest BCUT2D eigenvalue weighted by Gasteiger charge is -2.25. The Labute approximate surface area is 151 Å². The average Bonchev–Trinajstić information content (AvgIpc) is 2.59. The van der Waals surface area contributed by atoms with Crippen LogP contribution in [0.1, 0.15) is 5.56 Å². The summed E-state index contributed by atoms with van der Waals surface area (Å²) in [6, 6.07) is 11.9. The van der Waals surface area contributed by atoms with E-state index < -0.39 is 0 Å². The van der Waals surface area contributed by atoms with Gasteiger partial charge in [0.25, 0.3) is 0 Å². The third-order valence-corrected chi connectivity index (χ3v) is 3.76. The molecule has 0 aliphatic rings. The summed E-state index contributed by atoms with van der Waals surface area (Å²) in [4.78, 5) is 6.36. The molecular weight excluding hydrogens is 350 g/mol. The molecule has 0 spiro atoms. The van der Waals surface area contributed by atoms with Crippen LogP contribution < -0.4 is 9.64 Å². The number of alkyl halides is 2. The molecule has 128 valence electrons. The van der Waals surface area contributed by atoms with Gasteiger partial charge in [-0.3, -0.25) is 4.99 Å². The van der Waals surface area contributed by atoms with E-state index in [1.807, 2.05) is 18.2 Å². The molecule has 0 bridgehead atoms. The van der Waals surface area contributed by atoms with Crippen molar-refractivity contribution in [2.75, 3.05) is 36.9 Å². The maximum Gasteiger partial charge on any atom is 0.142 e. The molecule has 0 saturated carbocycles. The van der Waals surface area contributed by atoms with Gasteiger partial charge >= 0.3 is 0 Å². The zero-order chi connectivity index (χ0) is 17.4. The summed E-state index contributed by atoms with van der Waals surface area (Å²) in [5, 5.41) is 0. The highest BCUT2D eigenvalue weighted by molar-refractivity contribution is 6.18. The lowest BCUT2D eigenvalue weighted by molar-refractivity contribution is 0.414. The third-order valence-electron chi connectivity index (χ3n) is 3.42. The van der Waals surface area contributed by atoms with Crippen LogP contribution in [0, 0.1) is 5.82 Å². The van der Waals surface area contributed by atoms with Crippen LogP contribution >= 0.6 is 23.2 Å². The predicted molar refractivity (Wildman–Crippen MR) is 100 cm³/mol. The van der Waals surface area contributed by atoms with Crippen molar-refractivity contribution in [1.29, 1.82) is 0 Å². The molecule has 0 fully saturated rings. The van der Waals surface area contributed by atoms with Gasteiger partial charge in [-0.1, -0.05) is 12.1 Å². The molecule has 0 unspecified atom stereocenters. The van der Waals surface area contributed by atoms with Crippen LogP contribution in [0.25, 0.3) is 0 Å². The van der Waals surface area contributed by atoms with Crippen molar-refractivity contribution in [3.63, 3.8) is 0 Å². The minimum Gasteiger partial charge on any atom is -0.495 e. The van der Waals surface area contributed by atoms with Gasteiger partial charge in [-0.25, -0.2) is 4.39 Å². The summed E-state index contributed by atoms with van der Waals surface area (Å²) >= 11 is 11.7. The van der Waals surface area contributed by atoms with Gasteiger partial charge in [-0.05, 0) is 35.9 Å². The van der Waals surface area contributed by atoms with Crippen molar-refractivity contribution < 1.29 is 9.13 Å². The van der Waals surface area contributed by atoms with Crippen molar-refractivity contribution in [1.82, 2.24) is 0 Å². The van der Waals surface area contributed by atoms with Gasteiger partial charge in [0.15, 0.2) is 0 Å². The Morgan fingerprint density at radius 2 is 1.88 bits per heavy atom. The van der Waals surface area contributed by atoms with Gasteiger partial charge in [-0.2, -0.15) is 0 Å². The highest BCUT2D eigenvalue weighted by atomic mass is 35.5. The normalized spacial score (nSPS) is 11.0. The van der Waals surface area contributed by atoms with Crippen LogP contribution in [0.15, 0.2) is 47.5 Å². The van der Waals surface area contributed by atoms with Crippen LogP contribution in [0.5, 0.6) is 5.75 Å². The van der Waals surface area contributed by atoms with Crippen molar-refractivity contribution in [3.05, 3.63) is 53.8 Å². The number of hydrogen-bond acceptors (Lipinski definition) is 3.